The molecule has 2 rings (SSSR count). The number of carboxylic acid groups (broad SMARTS) is 1. The molecule has 0 radical (unpaired) electrons. The van der Waals surface area contributed by atoms with Crippen molar-refractivity contribution in [3.63, 3.8) is 0 Å². The van der Waals surface area contributed by atoms with Crippen LogP contribution in [0.2, 0.25) is 0 Å². The summed E-state index contributed by atoms with van der Waals surface area (Å²) < 4.78 is 6.16. The number of benzene rings is 1. The van der Waals surface area contributed by atoms with E-state index in [-0.39, 0.29) is 12.3 Å². The molecule has 1 heterocycles. The summed E-state index contributed by atoms with van der Waals surface area (Å²) in [5.74, 6) is -0.325. The number of thioether (sulfide) groups is 1. The number of carbonyl (C=O) groups is 2. The molecular weight excluding hydrogens is 346 g/mol. The fraction of sp³-hybridized carbons (Fsp3) is 0.353. The van der Waals surface area contributed by atoms with E-state index in [9.17, 15) is 9.59 Å². The summed E-state index contributed by atoms with van der Waals surface area (Å²) in [5.41, 5.74) is 0.831. The third kappa shape index (κ3) is 4.82. The Morgan fingerprint density at radius 3 is 2.88 bits per heavy atom. The average molecular weight is 365 g/mol. The van der Waals surface area contributed by atoms with E-state index in [1.54, 1.807) is 6.08 Å². The van der Waals surface area contributed by atoms with Gasteiger partial charge in [-0.05, 0) is 25.0 Å². The van der Waals surface area contributed by atoms with Crippen molar-refractivity contribution in [1.82, 2.24) is 4.90 Å². The summed E-state index contributed by atoms with van der Waals surface area (Å²) in [5, 5.41) is 8.70. The van der Waals surface area contributed by atoms with Gasteiger partial charge in [0, 0.05) is 18.5 Å². The minimum atomic E-state index is -0.877. The summed E-state index contributed by atoms with van der Waals surface area (Å²) in [7, 11) is 0. The SMILES string of the molecule is CCCOc1ccccc1/C=C1/SC(=S)N(CCCC(=O)O)C1=O. The summed E-state index contributed by atoms with van der Waals surface area (Å²) in [4.78, 5) is 25.1. The van der Waals surface area contributed by atoms with E-state index in [4.69, 9.17) is 22.1 Å². The number of carboxylic acids is 1. The Morgan fingerprint density at radius 1 is 1.42 bits per heavy atom. The number of hydrogen-bond acceptors (Lipinski definition) is 5. The number of amides is 1. The maximum atomic E-state index is 12.5. The molecule has 1 saturated heterocycles. The van der Waals surface area contributed by atoms with Crippen molar-refractivity contribution in [3.05, 3.63) is 34.7 Å². The number of carbonyl (C=O) groups excluding carboxylic acids is 1. The Bertz CT molecular complexity index is 672. The summed E-state index contributed by atoms with van der Waals surface area (Å²) in [6.45, 7) is 2.97. The summed E-state index contributed by atoms with van der Waals surface area (Å²) in [6.07, 6.45) is 3.08. The number of thiocarbonyl (C=S) groups is 1. The Kier molecular flexibility index (Phi) is 6.81. The van der Waals surface area contributed by atoms with Gasteiger partial charge in [0.1, 0.15) is 10.1 Å². The highest BCUT2D eigenvalue weighted by molar-refractivity contribution is 8.26. The van der Waals surface area contributed by atoms with Crippen LogP contribution < -0.4 is 4.74 Å². The van der Waals surface area contributed by atoms with Crippen molar-refractivity contribution < 1.29 is 19.4 Å². The van der Waals surface area contributed by atoms with E-state index in [1.807, 2.05) is 31.2 Å². The lowest BCUT2D eigenvalue weighted by atomic mass is 10.2. The molecule has 1 aromatic carbocycles. The van der Waals surface area contributed by atoms with Crippen LogP contribution in [0.15, 0.2) is 29.2 Å². The number of rotatable bonds is 8. The smallest absolute Gasteiger partial charge is 0.303 e. The Labute approximate surface area is 150 Å². The van der Waals surface area contributed by atoms with E-state index in [1.165, 1.54) is 16.7 Å². The summed E-state index contributed by atoms with van der Waals surface area (Å²) in [6, 6.07) is 7.54. The molecule has 0 unspecified atom stereocenters. The van der Waals surface area contributed by atoms with Gasteiger partial charge in [-0.15, -0.1) is 0 Å². The highest BCUT2D eigenvalue weighted by Crippen LogP contribution is 2.34. The molecule has 0 saturated carbocycles. The first-order valence-corrected chi connectivity index (χ1v) is 8.94. The second kappa shape index (κ2) is 8.84. The normalized spacial score (nSPS) is 16.0. The standard InChI is InChI=1S/C17H19NO4S2/c1-2-10-22-13-7-4-3-6-12(13)11-14-16(21)18(17(23)24-14)9-5-8-15(19)20/h3-4,6-7,11H,2,5,8-10H2,1H3,(H,19,20)/b14-11+. The number of aliphatic carboxylic acids is 1. The Morgan fingerprint density at radius 2 is 2.17 bits per heavy atom. The zero-order chi connectivity index (χ0) is 17.5. The quantitative estimate of drug-likeness (QED) is 0.561. The van der Waals surface area contributed by atoms with Crippen LogP contribution in [0.5, 0.6) is 5.75 Å². The van der Waals surface area contributed by atoms with Crippen LogP contribution in [0.4, 0.5) is 0 Å². The van der Waals surface area contributed by atoms with Gasteiger partial charge in [-0.25, -0.2) is 0 Å². The van der Waals surface area contributed by atoms with Crippen LogP contribution in [0.3, 0.4) is 0 Å². The predicted octanol–water partition coefficient (Wildman–Crippen LogP) is 3.54. The molecule has 1 N–H and O–H groups in total. The van der Waals surface area contributed by atoms with Crippen molar-refractivity contribution in [2.75, 3.05) is 13.2 Å². The highest BCUT2D eigenvalue weighted by Gasteiger charge is 2.31. The fourth-order valence-corrected chi connectivity index (χ4v) is 3.47. The van der Waals surface area contributed by atoms with Crippen LogP contribution in [-0.2, 0) is 9.59 Å². The molecular formula is C17H19NO4S2. The number of nitrogens with zero attached hydrogens (tertiary/aromatic N) is 1. The van der Waals surface area contributed by atoms with Crippen molar-refractivity contribution in [3.8, 4) is 5.75 Å². The lowest BCUT2D eigenvalue weighted by Gasteiger charge is -2.13. The minimum Gasteiger partial charge on any atom is -0.493 e. The van der Waals surface area contributed by atoms with E-state index in [2.05, 4.69) is 0 Å². The number of hydrogen-bond donors (Lipinski definition) is 1. The first kappa shape index (κ1) is 18.5. The molecule has 1 amide bonds. The van der Waals surface area contributed by atoms with Gasteiger partial charge < -0.3 is 9.84 Å². The molecule has 7 heteroatoms. The molecule has 0 atom stereocenters. The number of ether oxygens (including phenoxy) is 1. The molecule has 0 spiro atoms. The largest absolute Gasteiger partial charge is 0.493 e. The van der Waals surface area contributed by atoms with Crippen LogP contribution in [0, 0.1) is 0 Å². The molecule has 0 bridgehead atoms. The number of para-hydroxylation sites is 1. The van der Waals surface area contributed by atoms with Crippen LogP contribution >= 0.6 is 24.0 Å². The molecule has 5 nitrogen and oxygen atoms in total. The third-order valence-corrected chi connectivity index (χ3v) is 4.69. The first-order chi connectivity index (χ1) is 11.5. The van der Waals surface area contributed by atoms with Gasteiger partial charge in [0.25, 0.3) is 5.91 Å². The fourth-order valence-electron chi connectivity index (χ4n) is 2.17. The van der Waals surface area contributed by atoms with Gasteiger partial charge in [0.15, 0.2) is 0 Å². The van der Waals surface area contributed by atoms with Crippen LogP contribution in [-0.4, -0.2) is 39.4 Å². The zero-order valence-corrected chi connectivity index (χ0v) is 15.0. The maximum absolute atomic E-state index is 12.5. The molecule has 1 aromatic rings. The first-order valence-electron chi connectivity index (χ1n) is 7.72. The molecule has 1 aliphatic rings. The maximum Gasteiger partial charge on any atom is 0.303 e. The van der Waals surface area contributed by atoms with Gasteiger partial charge >= 0.3 is 5.97 Å². The molecule has 0 aliphatic carbocycles. The van der Waals surface area contributed by atoms with E-state index in [0.717, 1.165) is 17.7 Å². The van der Waals surface area contributed by atoms with Gasteiger partial charge in [-0.3, -0.25) is 14.5 Å². The third-order valence-electron chi connectivity index (χ3n) is 3.31. The second-order valence-electron chi connectivity index (χ2n) is 5.22. The topological polar surface area (TPSA) is 66.8 Å². The molecule has 24 heavy (non-hydrogen) atoms. The lowest BCUT2D eigenvalue weighted by molar-refractivity contribution is -0.137. The lowest BCUT2D eigenvalue weighted by Crippen LogP contribution is -2.29. The van der Waals surface area contributed by atoms with E-state index >= 15 is 0 Å². The van der Waals surface area contributed by atoms with E-state index in [0.29, 0.717) is 28.8 Å². The van der Waals surface area contributed by atoms with Gasteiger partial charge in [0.2, 0.25) is 0 Å². The molecule has 1 fully saturated rings. The molecule has 128 valence electrons. The Balaban J connectivity index is 2.12. The zero-order valence-electron chi connectivity index (χ0n) is 13.4. The van der Waals surface area contributed by atoms with Crippen molar-refractivity contribution in [2.45, 2.75) is 26.2 Å². The van der Waals surface area contributed by atoms with E-state index < -0.39 is 5.97 Å². The average Bonchev–Trinajstić information content (AvgIpc) is 2.81. The molecule has 0 aromatic heterocycles. The van der Waals surface area contributed by atoms with Crippen molar-refractivity contribution in [2.24, 2.45) is 0 Å². The van der Waals surface area contributed by atoms with Crippen LogP contribution in [0.1, 0.15) is 31.7 Å². The molecule has 1 aliphatic heterocycles. The van der Waals surface area contributed by atoms with Gasteiger partial charge in [-0.1, -0.05) is 49.1 Å². The minimum absolute atomic E-state index is 0.0177. The Hall–Kier alpha value is -1.86. The summed E-state index contributed by atoms with van der Waals surface area (Å²) >= 11 is 6.48. The monoisotopic (exact) mass is 365 g/mol. The van der Waals surface area contributed by atoms with Crippen LogP contribution in [0.25, 0.3) is 6.08 Å². The van der Waals surface area contributed by atoms with Crippen molar-refractivity contribution in [1.29, 1.82) is 0 Å². The second-order valence-corrected chi connectivity index (χ2v) is 6.89. The predicted molar refractivity (Wildman–Crippen MR) is 99.0 cm³/mol. The van der Waals surface area contributed by atoms with Gasteiger partial charge in [0.05, 0.1) is 11.5 Å². The van der Waals surface area contributed by atoms with Gasteiger partial charge in [-0.2, -0.15) is 0 Å². The van der Waals surface area contributed by atoms with Crippen molar-refractivity contribution >= 4 is 46.3 Å². The highest BCUT2D eigenvalue weighted by atomic mass is 32.2.